The van der Waals surface area contributed by atoms with Crippen molar-refractivity contribution < 1.29 is 9.59 Å². The van der Waals surface area contributed by atoms with Gasteiger partial charge >= 0.3 is 0 Å². The lowest BCUT2D eigenvalue weighted by molar-refractivity contribution is -0.114. The van der Waals surface area contributed by atoms with Crippen LogP contribution in [0.25, 0.3) is 22.3 Å². The third-order valence-corrected chi connectivity index (χ3v) is 5.09. The molecule has 32 heavy (non-hydrogen) atoms. The molecule has 0 unspecified atom stereocenters. The predicted molar refractivity (Wildman–Crippen MR) is 127 cm³/mol. The standard InChI is InChI=1S/C25H25N5O2/c1-15(2)30-24-22(14-26-30)21(13-23(29-24)18-10-8-16(3)9-11-18)25(32)28-20-7-5-6-19(12-20)27-17(4)31/h5-15H,1-4H3,(H,27,31)(H,28,32). The number of rotatable bonds is 5. The zero-order valence-electron chi connectivity index (χ0n) is 18.5. The largest absolute Gasteiger partial charge is 0.326 e. The second-order valence-corrected chi connectivity index (χ2v) is 8.06. The van der Waals surface area contributed by atoms with Gasteiger partial charge in [0.15, 0.2) is 5.65 Å². The van der Waals surface area contributed by atoms with E-state index in [1.54, 1.807) is 36.5 Å². The van der Waals surface area contributed by atoms with Crippen LogP contribution in [-0.2, 0) is 4.79 Å². The molecule has 7 heteroatoms. The quantitative estimate of drug-likeness (QED) is 0.458. The van der Waals surface area contributed by atoms with Gasteiger partial charge in [0.05, 0.1) is 22.8 Å². The van der Waals surface area contributed by atoms with Gasteiger partial charge in [-0.1, -0.05) is 35.9 Å². The third kappa shape index (κ3) is 4.37. The lowest BCUT2D eigenvalue weighted by Crippen LogP contribution is -2.14. The molecule has 2 amide bonds. The smallest absolute Gasteiger partial charge is 0.256 e. The molecule has 7 nitrogen and oxygen atoms in total. The summed E-state index contributed by atoms with van der Waals surface area (Å²) in [5.41, 5.74) is 5.13. The Hall–Kier alpha value is -4.00. The Morgan fingerprint density at radius 1 is 0.969 bits per heavy atom. The highest BCUT2D eigenvalue weighted by Gasteiger charge is 2.19. The van der Waals surface area contributed by atoms with Gasteiger partial charge in [-0.3, -0.25) is 9.59 Å². The normalized spacial score (nSPS) is 11.0. The number of aromatic nitrogens is 3. The molecule has 2 aromatic carbocycles. The van der Waals surface area contributed by atoms with Crippen molar-refractivity contribution in [2.24, 2.45) is 0 Å². The molecule has 2 N–H and O–H groups in total. The van der Waals surface area contributed by atoms with Crippen molar-refractivity contribution in [1.29, 1.82) is 0 Å². The lowest BCUT2D eigenvalue weighted by Gasteiger charge is -2.12. The van der Waals surface area contributed by atoms with Gasteiger partial charge in [-0.25, -0.2) is 9.67 Å². The Bertz CT molecular complexity index is 1310. The molecular weight excluding hydrogens is 402 g/mol. The molecule has 162 valence electrons. The summed E-state index contributed by atoms with van der Waals surface area (Å²) in [4.78, 5) is 29.5. The van der Waals surface area contributed by atoms with E-state index in [0.29, 0.717) is 33.7 Å². The Kier molecular flexibility index (Phi) is 5.73. The maximum atomic E-state index is 13.3. The molecule has 0 radical (unpaired) electrons. The van der Waals surface area contributed by atoms with Gasteiger partial charge in [-0.15, -0.1) is 0 Å². The van der Waals surface area contributed by atoms with Crippen molar-refractivity contribution in [3.63, 3.8) is 0 Å². The van der Waals surface area contributed by atoms with E-state index in [4.69, 9.17) is 4.98 Å². The second-order valence-electron chi connectivity index (χ2n) is 8.06. The summed E-state index contributed by atoms with van der Waals surface area (Å²) in [5.74, 6) is -0.442. The monoisotopic (exact) mass is 427 g/mol. The SMILES string of the molecule is CC(=O)Nc1cccc(NC(=O)c2cc(-c3ccc(C)cc3)nc3c2cnn3C(C)C)c1. The molecule has 0 spiro atoms. The Morgan fingerprint density at radius 2 is 1.66 bits per heavy atom. The first-order valence-corrected chi connectivity index (χ1v) is 10.5. The maximum absolute atomic E-state index is 13.3. The van der Waals surface area contributed by atoms with Crippen LogP contribution >= 0.6 is 0 Å². The first-order chi connectivity index (χ1) is 15.3. The Labute approximate surface area is 186 Å². The molecule has 2 aromatic heterocycles. The van der Waals surface area contributed by atoms with Gasteiger partial charge in [0, 0.05) is 29.9 Å². The highest BCUT2D eigenvalue weighted by Crippen LogP contribution is 2.27. The Morgan fingerprint density at radius 3 is 2.31 bits per heavy atom. The summed E-state index contributed by atoms with van der Waals surface area (Å²) in [6.07, 6.45) is 1.68. The summed E-state index contributed by atoms with van der Waals surface area (Å²) in [5, 5.41) is 10.8. The van der Waals surface area contributed by atoms with Crippen LogP contribution in [0, 0.1) is 6.92 Å². The predicted octanol–water partition coefficient (Wildman–Crippen LogP) is 5.20. The molecule has 0 aliphatic heterocycles. The van der Waals surface area contributed by atoms with Crippen LogP contribution < -0.4 is 10.6 Å². The van der Waals surface area contributed by atoms with E-state index in [2.05, 4.69) is 15.7 Å². The number of hydrogen-bond donors (Lipinski definition) is 2. The van der Waals surface area contributed by atoms with Crippen LogP contribution in [0.3, 0.4) is 0 Å². The van der Waals surface area contributed by atoms with E-state index in [0.717, 1.165) is 11.1 Å². The van der Waals surface area contributed by atoms with Gasteiger partial charge in [-0.2, -0.15) is 5.10 Å². The van der Waals surface area contributed by atoms with E-state index in [-0.39, 0.29) is 17.9 Å². The molecule has 0 fully saturated rings. The van der Waals surface area contributed by atoms with Gasteiger partial charge in [0.25, 0.3) is 5.91 Å². The number of benzene rings is 2. The van der Waals surface area contributed by atoms with Crippen molar-refractivity contribution in [1.82, 2.24) is 14.8 Å². The first-order valence-electron chi connectivity index (χ1n) is 10.5. The number of aryl methyl sites for hydroxylation is 1. The summed E-state index contributed by atoms with van der Waals surface area (Å²) >= 11 is 0. The molecule has 0 atom stereocenters. The summed E-state index contributed by atoms with van der Waals surface area (Å²) < 4.78 is 1.82. The summed E-state index contributed by atoms with van der Waals surface area (Å²) in [6.45, 7) is 7.53. The van der Waals surface area contributed by atoms with Gasteiger partial charge in [-0.05, 0) is 45.0 Å². The third-order valence-electron chi connectivity index (χ3n) is 5.09. The van der Waals surface area contributed by atoms with Crippen LogP contribution in [0.5, 0.6) is 0 Å². The van der Waals surface area contributed by atoms with Gasteiger partial charge in [0.1, 0.15) is 0 Å². The molecule has 0 aliphatic rings. The number of carbonyl (C=O) groups excluding carboxylic acids is 2. The fraction of sp³-hybridized carbons (Fsp3) is 0.200. The van der Waals surface area contributed by atoms with Crippen molar-refractivity contribution in [2.75, 3.05) is 10.6 Å². The second kappa shape index (κ2) is 8.63. The molecule has 2 heterocycles. The molecule has 4 aromatic rings. The average molecular weight is 428 g/mol. The zero-order valence-corrected chi connectivity index (χ0v) is 18.5. The number of fused-ring (bicyclic) bond motifs is 1. The fourth-order valence-electron chi connectivity index (χ4n) is 3.53. The minimum absolute atomic E-state index is 0.0958. The zero-order chi connectivity index (χ0) is 22.8. The van der Waals surface area contributed by atoms with Gasteiger partial charge in [0.2, 0.25) is 5.91 Å². The van der Waals surface area contributed by atoms with E-state index in [9.17, 15) is 9.59 Å². The molecule has 4 rings (SSSR count). The molecule has 0 saturated heterocycles. The highest BCUT2D eigenvalue weighted by atomic mass is 16.2. The van der Waals surface area contributed by atoms with Crippen molar-refractivity contribution in [3.8, 4) is 11.3 Å². The first kappa shape index (κ1) is 21.2. The minimum Gasteiger partial charge on any atom is -0.326 e. The van der Waals surface area contributed by atoms with E-state index in [1.807, 2.05) is 49.7 Å². The van der Waals surface area contributed by atoms with E-state index >= 15 is 0 Å². The topological polar surface area (TPSA) is 88.9 Å². The lowest BCUT2D eigenvalue weighted by atomic mass is 10.0. The van der Waals surface area contributed by atoms with Crippen LogP contribution in [0.15, 0.2) is 60.8 Å². The number of nitrogens with zero attached hydrogens (tertiary/aromatic N) is 3. The van der Waals surface area contributed by atoms with Crippen LogP contribution in [-0.4, -0.2) is 26.6 Å². The molecule has 0 bridgehead atoms. The van der Waals surface area contributed by atoms with Crippen LogP contribution in [0.2, 0.25) is 0 Å². The van der Waals surface area contributed by atoms with Crippen molar-refractivity contribution in [3.05, 3.63) is 71.9 Å². The number of pyridine rings is 1. The number of anilines is 2. The number of nitrogens with one attached hydrogen (secondary N) is 2. The maximum Gasteiger partial charge on any atom is 0.256 e. The molecular formula is C25H25N5O2. The van der Waals surface area contributed by atoms with Crippen LogP contribution in [0.1, 0.15) is 42.7 Å². The van der Waals surface area contributed by atoms with Crippen molar-refractivity contribution >= 4 is 34.2 Å². The van der Waals surface area contributed by atoms with Gasteiger partial charge < -0.3 is 10.6 Å². The van der Waals surface area contributed by atoms with Crippen molar-refractivity contribution in [2.45, 2.75) is 33.7 Å². The number of amides is 2. The summed E-state index contributed by atoms with van der Waals surface area (Å²) in [7, 11) is 0. The highest BCUT2D eigenvalue weighted by molar-refractivity contribution is 6.12. The van der Waals surface area contributed by atoms with E-state index < -0.39 is 0 Å². The minimum atomic E-state index is -0.269. The number of carbonyl (C=O) groups is 2. The fourth-order valence-corrected chi connectivity index (χ4v) is 3.53. The summed E-state index contributed by atoms with van der Waals surface area (Å²) in [6, 6.07) is 17.0. The van der Waals surface area contributed by atoms with E-state index in [1.165, 1.54) is 6.92 Å². The molecule has 0 aliphatic carbocycles. The average Bonchev–Trinajstić information content (AvgIpc) is 3.17. The Balaban J connectivity index is 1.77. The number of hydrogen-bond acceptors (Lipinski definition) is 4. The molecule has 0 saturated carbocycles. The van der Waals surface area contributed by atoms with Crippen LogP contribution in [0.4, 0.5) is 11.4 Å².